The third-order valence-electron chi connectivity index (χ3n) is 5.66. The summed E-state index contributed by atoms with van der Waals surface area (Å²) >= 11 is 0. The molecule has 0 saturated carbocycles. The van der Waals surface area contributed by atoms with Crippen LogP contribution in [-0.2, 0) is 0 Å². The zero-order valence-corrected chi connectivity index (χ0v) is 17.5. The van der Waals surface area contributed by atoms with E-state index in [0.717, 1.165) is 17.1 Å². The number of hydrogen-bond acceptors (Lipinski definition) is 2. The molecule has 150 valence electrons. The SMILES string of the molecule is CN(c1ccccc1)c1ccc(N(c2ccccc2)c2cccc3ccccc23)cc1. The van der Waals surface area contributed by atoms with Crippen LogP contribution in [0.25, 0.3) is 10.8 Å². The first-order valence-electron chi connectivity index (χ1n) is 10.5. The van der Waals surface area contributed by atoms with Gasteiger partial charge in [0.2, 0.25) is 0 Å². The van der Waals surface area contributed by atoms with E-state index < -0.39 is 0 Å². The molecule has 2 nitrogen and oxygen atoms in total. The van der Waals surface area contributed by atoms with Gasteiger partial charge in [-0.3, -0.25) is 0 Å². The molecule has 0 aliphatic carbocycles. The Kier molecular flexibility index (Phi) is 5.12. The van der Waals surface area contributed by atoms with Crippen molar-refractivity contribution in [1.82, 2.24) is 0 Å². The molecule has 0 N–H and O–H groups in total. The number of hydrogen-bond donors (Lipinski definition) is 0. The Morgan fingerprint density at radius 3 is 1.61 bits per heavy atom. The number of fused-ring (bicyclic) bond motifs is 1. The van der Waals surface area contributed by atoms with E-state index in [1.54, 1.807) is 0 Å². The third kappa shape index (κ3) is 3.76. The molecule has 0 spiro atoms. The first kappa shape index (κ1) is 19.0. The number of para-hydroxylation sites is 2. The van der Waals surface area contributed by atoms with Crippen molar-refractivity contribution in [3.8, 4) is 0 Å². The van der Waals surface area contributed by atoms with Crippen molar-refractivity contribution in [2.75, 3.05) is 16.8 Å². The van der Waals surface area contributed by atoms with E-state index in [0.29, 0.717) is 0 Å². The van der Waals surface area contributed by atoms with Crippen molar-refractivity contribution < 1.29 is 0 Å². The van der Waals surface area contributed by atoms with Gasteiger partial charge in [0.05, 0.1) is 5.69 Å². The quantitative estimate of drug-likeness (QED) is 0.294. The summed E-state index contributed by atoms with van der Waals surface area (Å²) in [6.45, 7) is 0. The fourth-order valence-electron chi connectivity index (χ4n) is 4.03. The maximum atomic E-state index is 2.33. The van der Waals surface area contributed by atoms with Crippen LogP contribution in [0.1, 0.15) is 0 Å². The average molecular weight is 401 g/mol. The van der Waals surface area contributed by atoms with Gasteiger partial charge in [-0.1, -0.05) is 72.8 Å². The largest absolute Gasteiger partial charge is 0.345 e. The van der Waals surface area contributed by atoms with Crippen molar-refractivity contribution in [3.63, 3.8) is 0 Å². The molecule has 31 heavy (non-hydrogen) atoms. The highest BCUT2D eigenvalue weighted by Crippen LogP contribution is 2.39. The second kappa shape index (κ2) is 8.37. The van der Waals surface area contributed by atoms with Crippen molar-refractivity contribution in [3.05, 3.63) is 127 Å². The summed E-state index contributed by atoms with van der Waals surface area (Å²) in [5.41, 5.74) is 5.77. The van der Waals surface area contributed by atoms with Crippen molar-refractivity contribution >= 4 is 39.2 Å². The molecule has 5 aromatic rings. The van der Waals surface area contributed by atoms with Crippen LogP contribution in [0.4, 0.5) is 28.4 Å². The Morgan fingerprint density at radius 1 is 0.419 bits per heavy atom. The second-order valence-corrected chi connectivity index (χ2v) is 7.58. The van der Waals surface area contributed by atoms with Crippen LogP contribution in [0.3, 0.4) is 0 Å². The Morgan fingerprint density at radius 2 is 0.903 bits per heavy atom. The highest BCUT2D eigenvalue weighted by Gasteiger charge is 2.15. The van der Waals surface area contributed by atoms with Crippen LogP contribution in [0, 0.1) is 0 Å². The van der Waals surface area contributed by atoms with Gasteiger partial charge in [0.25, 0.3) is 0 Å². The molecule has 5 aromatic carbocycles. The summed E-state index contributed by atoms with van der Waals surface area (Å²) in [5.74, 6) is 0. The van der Waals surface area contributed by atoms with E-state index >= 15 is 0 Å². The van der Waals surface area contributed by atoms with Crippen LogP contribution in [0.2, 0.25) is 0 Å². The summed E-state index contributed by atoms with van der Waals surface area (Å²) in [6, 6.07) is 44.8. The predicted octanol–water partition coefficient (Wildman–Crippen LogP) is 8.08. The molecule has 0 aliphatic heterocycles. The van der Waals surface area contributed by atoms with Crippen LogP contribution < -0.4 is 9.80 Å². The molecule has 0 atom stereocenters. The lowest BCUT2D eigenvalue weighted by Gasteiger charge is -2.27. The van der Waals surface area contributed by atoms with Crippen molar-refractivity contribution in [1.29, 1.82) is 0 Å². The molecule has 0 saturated heterocycles. The first-order valence-corrected chi connectivity index (χ1v) is 10.5. The number of benzene rings is 5. The second-order valence-electron chi connectivity index (χ2n) is 7.58. The molecule has 2 heteroatoms. The Balaban J connectivity index is 1.60. The molecule has 0 amide bonds. The minimum absolute atomic E-state index is 1.13. The molecule has 0 heterocycles. The third-order valence-corrected chi connectivity index (χ3v) is 5.66. The van der Waals surface area contributed by atoms with Gasteiger partial charge in [-0.05, 0) is 60.0 Å². The summed E-state index contributed by atoms with van der Waals surface area (Å²) in [5, 5.41) is 2.47. The summed E-state index contributed by atoms with van der Waals surface area (Å²) in [6.07, 6.45) is 0. The zero-order chi connectivity index (χ0) is 21.0. The lowest BCUT2D eigenvalue weighted by Crippen LogP contribution is -2.12. The summed E-state index contributed by atoms with van der Waals surface area (Å²) in [4.78, 5) is 4.53. The van der Waals surface area contributed by atoms with Gasteiger partial charge >= 0.3 is 0 Å². The standard InChI is InChI=1S/C29H24N2/c1-30(24-13-4-2-5-14-24)25-19-21-27(22-20-25)31(26-15-6-3-7-16-26)29-18-10-12-23-11-8-9-17-28(23)29/h2-22H,1H3. The number of rotatable bonds is 5. The van der Waals surface area contributed by atoms with Crippen LogP contribution in [-0.4, -0.2) is 7.05 Å². The highest BCUT2D eigenvalue weighted by molar-refractivity contribution is 5.98. The van der Waals surface area contributed by atoms with Gasteiger partial charge < -0.3 is 9.80 Å². The molecular weight excluding hydrogens is 376 g/mol. The maximum absolute atomic E-state index is 2.33. The van der Waals surface area contributed by atoms with Crippen LogP contribution >= 0.6 is 0 Å². The predicted molar refractivity (Wildman–Crippen MR) is 133 cm³/mol. The summed E-state index contributed by atoms with van der Waals surface area (Å²) < 4.78 is 0. The molecular formula is C29H24N2. The smallest absolute Gasteiger partial charge is 0.0540 e. The van der Waals surface area contributed by atoms with E-state index in [1.807, 2.05) is 6.07 Å². The lowest BCUT2D eigenvalue weighted by molar-refractivity contribution is 1.20. The van der Waals surface area contributed by atoms with Gasteiger partial charge in [0.1, 0.15) is 0 Å². The summed E-state index contributed by atoms with van der Waals surface area (Å²) in [7, 11) is 2.10. The first-order chi connectivity index (χ1) is 15.3. The zero-order valence-electron chi connectivity index (χ0n) is 17.5. The van der Waals surface area contributed by atoms with Crippen molar-refractivity contribution in [2.45, 2.75) is 0 Å². The molecule has 0 fully saturated rings. The minimum Gasteiger partial charge on any atom is -0.345 e. The normalized spacial score (nSPS) is 10.7. The monoisotopic (exact) mass is 400 g/mol. The van der Waals surface area contributed by atoms with E-state index in [1.165, 1.54) is 22.1 Å². The van der Waals surface area contributed by atoms with Gasteiger partial charge in [0.15, 0.2) is 0 Å². The van der Waals surface area contributed by atoms with E-state index in [4.69, 9.17) is 0 Å². The van der Waals surface area contributed by atoms with Gasteiger partial charge in [-0.25, -0.2) is 0 Å². The van der Waals surface area contributed by atoms with Gasteiger partial charge in [0, 0.05) is 35.2 Å². The Hall–Kier alpha value is -4.04. The topological polar surface area (TPSA) is 6.48 Å². The van der Waals surface area contributed by atoms with Crippen LogP contribution in [0.5, 0.6) is 0 Å². The molecule has 5 rings (SSSR count). The van der Waals surface area contributed by atoms with E-state index in [9.17, 15) is 0 Å². The maximum Gasteiger partial charge on any atom is 0.0540 e. The van der Waals surface area contributed by atoms with E-state index in [-0.39, 0.29) is 0 Å². The Bertz CT molecular complexity index is 1270. The highest BCUT2D eigenvalue weighted by atomic mass is 15.1. The van der Waals surface area contributed by atoms with Crippen LogP contribution in [0.15, 0.2) is 127 Å². The van der Waals surface area contributed by atoms with Crippen molar-refractivity contribution in [2.24, 2.45) is 0 Å². The van der Waals surface area contributed by atoms with Gasteiger partial charge in [-0.15, -0.1) is 0 Å². The van der Waals surface area contributed by atoms with Gasteiger partial charge in [-0.2, -0.15) is 0 Å². The fraction of sp³-hybridized carbons (Fsp3) is 0.0345. The molecule has 0 radical (unpaired) electrons. The molecule has 0 unspecified atom stereocenters. The lowest BCUT2D eigenvalue weighted by atomic mass is 10.1. The number of anilines is 5. The molecule has 0 bridgehead atoms. The number of nitrogens with zero attached hydrogens (tertiary/aromatic N) is 2. The fourth-order valence-corrected chi connectivity index (χ4v) is 4.03. The molecule has 0 aliphatic rings. The average Bonchev–Trinajstić information content (AvgIpc) is 2.86. The Labute approximate surface area is 183 Å². The van der Waals surface area contributed by atoms with E-state index in [2.05, 4.69) is 138 Å². The molecule has 0 aromatic heterocycles. The minimum atomic E-state index is 1.13.